The van der Waals surface area contributed by atoms with Gasteiger partial charge in [0.2, 0.25) is 0 Å². The quantitative estimate of drug-likeness (QED) is 0.523. The molecule has 0 unspecified atom stereocenters. The van der Waals surface area contributed by atoms with Crippen molar-refractivity contribution in [1.82, 2.24) is 19.9 Å². The molecule has 0 fully saturated rings. The van der Waals surface area contributed by atoms with E-state index in [2.05, 4.69) is 26.0 Å². The Bertz CT molecular complexity index is 1110. The number of nitrogens with one attached hydrogen (secondary N) is 1. The Morgan fingerprint density at radius 3 is 2.68 bits per heavy atom. The highest BCUT2D eigenvalue weighted by molar-refractivity contribution is 6.06. The number of hydrogen-bond donors (Lipinski definition) is 1. The molecule has 0 spiro atoms. The van der Waals surface area contributed by atoms with Gasteiger partial charge in [-0.05, 0) is 17.5 Å². The Morgan fingerprint density at radius 2 is 2.04 bits per heavy atom. The molecule has 0 amide bonds. The van der Waals surface area contributed by atoms with Crippen molar-refractivity contribution in [2.75, 3.05) is 0 Å². The molecule has 142 valence electrons. The topological polar surface area (TPSA) is 95.3 Å². The van der Waals surface area contributed by atoms with Gasteiger partial charge in [-0.2, -0.15) is 5.26 Å². The number of carbonyl (C=O) groups excluding carboxylic acids is 1. The number of hydrogen-bond acceptors (Lipinski definition) is 5. The van der Waals surface area contributed by atoms with Gasteiger partial charge in [-0.1, -0.05) is 40.7 Å². The smallest absolute Gasteiger partial charge is 0.169 e. The first-order valence-corrected chi connectivity index (χ1v) is 9.17. The third kappa shape index (κ3) is 3.99. The number of Topliss-reactive ketones (excluding diaryl/α,β-unsaturated/α-hetero) is 1. The number of carbonyl (C=O) groups is 1. The van der Waals surface area contributed by atoms with Crippen LogP contribution in [0, 0.1) is 22.7 Å². The minimum atomic E-state index is -0.140. The first-order chi connectivity index (χ1) is 13.2. The Kier molecular flexibility index (Phi) is 5.10. The lowest BCUT2D eigenvalue weighted by Crippen LogP contribution is -2.07. The summed E-state index contributed by atoms with van der Waals surface area (Å²) >= 11 is 0. The van der Waals surface area contributed by atoms with E-state index >= 15 is 0 Å². The van der Waals surface area contributed by atoms with Gasteiger partial charge in [-0.15, -0.1) is 0 Å². The molecular formula is C22H23N5O. The number of rotatable bonds is 4. The fourth-order valence-corrected chi connectivity index (χ4v) is 2.86. The zero-order valence-corrected chi connectivity index (χ0v) is 16.7. The summed E-state index contributed by atoms with van der Waals surface area (Å²) in [5.74, 6) is -0.106. The highest BCUT2D eigenvalue weighted by Gasteiger charge is 2.18. The van der Waals surface area contributed by atoms with Crippen molar-refractivity contribution < 1.29 is 4.79 Å². The maximum absolute atomic E-state index is 12.4. The molecule has 1 N–H and O–H groups in total. The molecule has 3 aromatic heterocycles. The first kappa shape index (κ1) is 19.4. The lowest BCUT2D eigenvalue weighted by atomic mass is 9.92. The lowest BCUT2D eigenvalue weighted by molar-refractivity contribution is 0.0941. The van der Waals surface area contributed by atoms with Crippen molar-refractivity contribution in [3.63, 3.8) is 0 Å². The molecule has 0 aromatic carbocycles. The molecule has 0 aliphatic carbocycles. The zero-order valence-electron chi connectivity index (χ0n) is 16.7. The average molecular weight is 373 g/mol. The molecule has 0 aliphatic heterocycles. The van der Waals surface area contributed by atoms with Crippen molar-refractivity contribution >= 4 is 22.5 Å². The SMILES string of the molecule is CC(C)C(=O)c1c[nH]c2ncc(-c3ccnc(C(C#N)=CC(C)(C)C)c3)nc12. The van der Waals surface area contributed by atoms with Crippen molar-refractivity contribution in [1.29, 1.82) is 5.26 Å². The summed E-state index contributed by atoms with van der Waals surface area (Å²) in [5.41, 5.74) is 4.05. The van der Waals surface area contributed by atoms with Crippen LogP contribution in [0.1, 0.15) is 50.7 Å². The predicted octanol–water partition coefficient (Wildman–Crippen LogP) is 4.81. The molecule has 0 saturated heterocycles. The number of aromatic nitrogens is 4. The molecule has 3 heterocycles. The van der Waals surface area contributed by atoms with Crippen LogP contribution in [0.2, 0.25) is 0 Å². The van der Waals surface area contributed by atoms with Crippen LogP contribution in [0.4, 0.5) is 0 Å². The fraction of sp³-hybridized carbons (Fsp3) is 0.318. The van der Waals surface area contributed by atoms with Crippen LogP contribution in [0.15, 0.2) is 36.8 Å². The summed E-state index contributed by atoms with van der Waals surface area (Å²) in [6.45, 7) is 9.82. The second kappa shape index (κ2) is 7.35. The van der Waals surface area contributed by atoms with Crippen molar-refractivity contribution in [2.24, 2.45) is 11.3 Å². The highest BCUT2D eigenvalue weighted by atomic mass is 16.1. The standard InChI is InChI=1S/C22H23N5O/c1-13(2)20(28)16-11-25-21-19(16)27-18(12-26-21)14-6-7-24-17(8-14)15(10-23)9-22(3,4)5/h6-9,11-13H,1-5H3,(H,25,26). The normalized spacial score (nSPS) is 12.4. The molecule has 6 heteroatoms. The van der Waals surface area contributed by atoms with Gasteiger partial charge >= 0.3 is 0 Å². The Balaban J connectivity index is 2.09. The molecule has 3 rings (SSSR count). The Hall–Kier alpha value is -3.33. The van der Waals surface area contributed by atoms with Crippen molar-refractivity contribution in [3.8, 4) is 17.3 Å². The summed E-state index contributed by atoms with van der Waals surface area (Å²) in [6, 6.07) is 5.88. The summed E-state index contributed by atoms with van der Waals surface area (Å²) in [4.78, 5) is 28.9. The van der Waals surface area contributed by atoms with E-state index < -0.39 is 0 Å². The van der Waals surface area contributed by atoms with E-state index in [4.69, 9.17) is 0 Å². The summed E-state index contributed by atoms with van der Waals surface area (Å²) in [7, 11) is 0. The molecule has 0 bridgehead atoms. The van der Waals surface area contributed by atoms with Gasteiger partial charge in [0, 0.05) is 23.9 Å². The van der Waals surface area contributed by atoms with Gasteiger partial charge < -0.3 is 4.98 Å². The van der Waals surface area contributed by atoms with E-state index in [1.165, 1.54) is 0 Å². The third-order valence-corrected chi connectivity index (χ3v) is 4.20. The second-order valence-corrected chi connectivity index (χ2v) is 8.14. The van der Waals surface area contributed by atoms with Crippen LogP contribution in [0.5, 0.6) is 0 Å². The van der Waals surface area contributed by atoms with Crippen LogP contribution < -0.4 is 0 Å². The number of pyridine rings is 1. The maximum atomic E-state index is 12.4. The largest absolute Gasteiger partial charge is 0.344 e. The van der Waals surface area contributed by atoms with Gasteiger partial charge in [0.25, 0.3) is 0 Å². The van der Waals surface area contributed by atoms with Gasteiger partial charge in [-0.3, -0.25) is 9.78 Å². The van der Waals surface area contributed by atoms with Crippen molar-refractivity contribution in [3.05, 3.63) is 48.1 Å². The zero-order chi connectivity index (χ0) is 20.5. The third-order valence-electron chi connectivity index (χ3n) is 4.20. The first-order valence-electron chi connectivity index (χ1n) is 9.17. The highest BCUT2D eigenvalue weighted by Crippen LogP contribution is 2.26. The Morgan fingerprint density at radius 1 is 1.29 bits per heavy atom. The van der Waals surface area contributed by atoms with Crippen LogP contribution in [0.3, 0.4) is 0 Å². The van der Waals surface area contributed by atoms with E-state index in [1.54, 1.807) is 18.6 Å². The van der Waals surface area contributed by atoms with Crippen LogP contribution >= 0.6 is 0 Å². The number of aromatic amines is 1. The second-order valence-electron chi connectivity index (χ2n) is 8.14. The van der Waals surface area contributed by atoms with Gasteiger partial charge in [0.1, 0.15) is 11.6 Å². The van der Waals surface area contributed by atoms with Crippen LogP contribution in [-0.2, 0) is 0 Å². The number of nitriles is 1. The minimum Gasteiger partial charge on any atom is -0.344 e. The van der Waals surface area contributed by atoms with Gasteiger partial charge in [-0.25, -0.2) is 9.97 Å². The molecule has 28 heavy (non-hydrogen) atoms. The number of nitrogens with zero attached hydrogens (tertiary/aromatic N) is 4. The number of H-pyrrole nitrogens is 1. The van der Waals surface area contributed by atoms with Crippen LogP contribution in [-0.4, -0.2) is 25.7 Å². The average Bonchev–Trinajstić information content (AvgIpc) is 3.07. The summed E-state index contributed by atoms with van der Waals surface area (Å²) in [5, 5.41) is 9.54. The molecule has 3 aromatic rings. The molecule has 6 nitrogen and oxygen atoms in total. The summed E-state index contributed by atoms with van der Waals surface area (Å²) < 4.78 is 0. The monoisotopic (exact) mass is 373 g/mol. The van der Waals surface area contributed by atoms with E-state index in [-0.39, 0.29) is 17.1 Å². The Labute approximate surface area is 164 Å². The molecule has 0 atom stereocenters. The fourth-order valence-electron chi connectivity index (χ4n) is 2.86. The molecule has 0 saturated carbocycles. The van der Waals surface area contributed by atoms with Crippen molar-refractivity contribution in [2.45, 2.75) is 34.6 Å². The molecular weight excluding hydrogens is 350 g/mol. The minimum absolute atomic E-state index is 0.0213. The van der Waals surface area contributed by atoms with E-state index in [1.807, 2.05) is 52.8 Å². The van der Waals surface area contributed by atoms with Crippen LogP contribution in [0.25, 0.3) is 28.0 Å². The number of allylic oxidation sites excluding steroid dienone is 2. The molecule has 0 aliphatic rings. The van der Waals surface area contributed by atoms with E-state index in [0.717, 1.165) is 5.56 Å². The molecule has 0 radical (unpaired) electrons. The maximum Gasteiger partial charge on any atom is 0.169 e. The predicted molar refractivity (Wildman–Crippen MR) is 109 cm³/mol. The lowest BCUT2D eigenvalue weighted by Gasteiger charge is -2.13. The summed E-state index contributed by atoms with van der Waals surface area (Å²) in [6.07, 6.45) is 6.87. The van der Waals surface area contributed by atoms with Gasteiger partial charge in [0.15, 0.2) is 11.4 Å². The van der Waals surface area contributed by atoms with E-state index in [9.17, 15) is 10.1 Å². The number of ketones is 1. The van der Waals surface area contributed by atoms with Gasteiger partial charge in [0.05, 0.1) is 28.7 Å². The number of fused-ring (bicyclic) bond motifs is 1. The van der Waals surface area contributed by atoms with E-state index in [0.29, 0.717) is 33.7 Å².